The van der Waals surface area contributed by atoms with Crippen LogP contribution < -0.4 is 10.1 Å². The van der Waals surface area contributed by atoms with Crippen LogP contribution in [0.3, 0.4) is 0 Å². The first-order valence-corrected chi connectivity index (χ1v) is 6.97. The minimum Gasteiger partial charge on any atom is -0.487 e. The van der Waals surface area contributed by atoms with Gasteiger partial charge < -0.3 is 10.1 Å². The quantitative estimate of drug-likeness (QED) is 0.880. The number of hydrogen-bond acceptors (Lipinski definition) is 4. The zero-order chi connectivity index (χ0) is 14.5. The summed E-state index contributed by atoms with van der Waals surface area (Å²) in [6.07, 6.45) is 4.86. The summed E-state index contributed by atoms with van der Waals surface area (Å²) in [5.41, 5.74) is 2.30. The van der Waals surface area contributed by atoms with E-state index in [1.807, 2.05) is 43.9 Å². The third-order valence-electron chi connectivity index (χ3n) is 2.91. The van der Waals surface area contributed by atoms with Gasteiger partial charge in [-0.2, -0.15) is 5.10 Å². The van der Waals surface area contributed by atoms with E-state index in [0.717, 1.165) is 23.7 Å². The van der Waals surface area contributed by atoms with Crippen molar-refractivity contribution in [3.05, 3.63) is 35.8 Å². The van der Waals surface area contributed by atoms with E-state index in [4.69, 9.17) is 4.74 Å². The van der Waals surface area contributed by atoms with Crippen LogP contribution in [0, 0.1) is 0 Å². The van der Waals surface area contributed by atoms with E-state index in [1.54, 1.807) is 6.20 Å². The molecule has 2 heterocycles. The zero-order valence-electron chi connectivity index (χ0n) is 12.6. The molecule has 0 saturated carbocycles. The maximum atomic E-state index is 5.75. The van der Waals surface area contributed by atoms with Crippen molar-refractivity contribution in [1.29, 1.82) is 0 Å². The number of ether oxygens (including phenoxy) is 1. The predicted octanol–water partition coefficient (Wildman–Crippen LogP) is 2.78. The number of rotatable bonds is 6. The number of aryl methyl sites for hydroxylation is 2. The molecule has 0 fully saturated rings. The van der Waals surface area contributed by atoms with Gasteiger partial charge in [0.15, 0.2) is 11.6 Å². The summed E-state index contributed by atoms with van der Waals surface area (Å²) in [7, 11) is 1.94. The van der Waals surface area contributed by atoms with Gasteiger partial charge in [-0.25, -0.2) is 4.98 Å². The molecule has 1 N–H and O–H groups in total. The Hall–Kier alpha value is -2.04. The summed E-state index contributed by atoms with van der Waals surface area (Å²) < 4.78 is 7.60. The van der Waals surface area contributed by atoms with Gasteiger partial charge in [-0.3, -0.25) is 4.68 Å². The molecule has 0 aliphatic rings. The Morgan fingerprint density at radius 3 is 2.90 bits per heavy atom. The van der Waals surface area contributed by atoms with Gasteiger partial charge in [-0.15, -0.1) is 0 Å². The SMILES string of the molecule is CCc1nn(C)cc1CNc1ncccc1OC(C)C. The molecular formula is C15H22N4O. The first-order valence-electron chi connectivity index (χ1n) is 6.97. The van der Waals surface area contributed by atoms with Crippen molar-refractivity contribution in [2.45, 2.75) is 39.8 Å². The second-order valence-corrected chi connectivity index (χ2v) is 5.00. The third kappa shape index (κ3) is 3.50. The maximum absolute atomic E-state index is 5.75. The molecule has 2 rings (SSSR count). The van der Waals surface area contributed by atoms with Crippen molar-refractivity contribution in [2.75, 3.05) is 5.32 Å². The van der Waals surface area contributed by atoms with Crippen molar-refractivity contribution in [2.24, 2.45) is 7.05 Å². The maximum Gasteiger partial charge on any atom is 0.169 e. The third-order valence-corrected chi connectivity index (χ3v) is 2.91. The van der Waals surface area contributed by atoms with E-state index in [-0.39, 0.29) is 6.10 Å². The number of nitrogens with zero attached hydrogens (tertiary/aromatic N) is 3. The van der Waals surface area contributed by atoms with Gasteiger partial charge in [-0.05, 0) is 32.4 Å². The Balaban J connectivity index is 2.10. The van der Waals surface area contributed by atoms with E-state index < -0.39 is 0 Å². The molecule has 0 aliphatic heterocycles. The molecule has 2 aromatic heterocycles. The highest BCUT2D eigenvalue weighted by atomic mass is 16.5. The number of aromatic nitrogens is 3. The minimum atomic E-state index is 0.129. The van der Waals surface area contributed by atoms with Crippen LogP contribution in [0.15, 0.2) is 24.5 Å². The van der Waals surface area contributed by atoms with Crippen molar-refractivity contribution < 1.29 is 4.74 Å². The van der Waals surface area contributed by atoms with Crippen LogP contribution in [-0.4, -0.2) is 20.9 Å². The number of anilines is 1. The highest BCUT2D eigenvalue weighted by Crippen LogP contribution is 2.23. The topological polar surface area (TPSA) is 52.0 Å². The lowest BCUT2D eigenvalue weighted by atomic mass is 10.2. The molecule has 0 radical (unpaired) electrons. The Labute approximate surface area is 120 Å². The smallest absolute Gasteiger partial charge is 0.169 e. The largest absolute Gasteiger partial charge is 0.487 e. The molecule has 0 aliphatic carbocycles. The van der Waals surface area contributed by atoms with Gasteiger partial charge in [0.1, 0.15) is 0 Å². The molecule has 0 aromatic carbocycles. The fourth-order valence-corrected chi connectivity index (χ4v) is 2.08. The van der Waals surface area contributed by atoms with Gasteiger partial charge in [0.2, 0.25) is 0 Å². The van der Waals surface area contributed by atoms with Gasteiger partial charge in [0, 0.05) is 31.5 Å². The monoisotopic (exact) mass is 274 g/mol. The van der Waals surface area contributed by atoms with E-state index in [2.05, 4.69) is 22.3 Å². The van der Waals surface area contributed by atoms with Crippen molar-refractivity contribution in [3.8, 4) is 5.75 Å². The van der Waals surface area contributed by atoms with Crippen molar-refractivity contribution in [1.82, 2.24) is 14.8 Å². The summed E-state index contributed by atoms with van der Waals surface area (Å²) in [5.74, 6) is 1.55. The first kappa shape index (κ1) is 14.4. The summed E-state index contributed by atoms with van der Waals surface area (Å²) in [4.78, 5) is 4.35. The Morgan fingerprint density at radius 1 is 1.40 bits per heavy atom. The standard InChI is InChI=1S/C15H22N4O/c1-5-13-12(10-19(4)18-13)9-17-15-14(20-11(2)3)7-6-8-16-15/h6-8,10-11H,5,9H2,1-4H3,(H,16,17). The highest BCUT2D eigenvalue weighted by Gasteiger charge is 2.09. The van der Waals surface area contributed by atoms with E-state index in [0.29, 0.717) is 6.54 Å². The fraction of sp³-hybridized carbons (Fsp3) is 0.467. The highest BCUT2D eigenvalue weighted by molar-refractivity contribution is 5.50. The second-order valence-electron chi connectivity index (χ2n) is 5.00. The van der Waals surface area contributed by atoms with E-state index in [9.17, 15) is 0 Å². The molecular weight excluding hydrogens is 252 g/mol. The van der Waals surface area contributed by atoms with Crippen molar-refractivity contribution >= 4 is 5.82 Å². The molecule has 0 bridgehead atoms. The summed E-state index contributed by atoms with van der Waals surface area (Å²) >= 11 is 0. The molecule has 0 amide bonds. The predicted molar refractivity (Wildman–Crippen MR) is 79.9 cm³/mol. The van der Waals surface area contributed by atoms with E-state index in [1.165, 1.54) is 5.56 Å². The lowest BCUT2D eigenvalue weighted by Crippen LogP contribution is -2.10. The van der Waals surface area contributed by atoms with Crippen LogP contribution in [0.1, 0.15) is 32.0 Å². The summed E-state index contributed by atoms with van der Waals surface area (Å²) in [5, 5.41) is 7.77. The van der Waals surface area contributed by atoms with Gasteiger partial charge in [0.05, 0.1) is 11.8 Å². The average Bonchev–Trinajstić information content (AvgIpc) is 2.77. The minimum absolute atomic E-state index is 0.129. The second kappa shape index (κ2) is 6.41. The molecule has 20 heavy (non-hydrogen) atoms. The molecule has 5 nitrogen and oxygen atoms in total. The molecule has 5 heteroatoms. The van der Waals surface area contributed by atoms with Crippen LogP contribution >= 0.6 is 0 Å². The van der Waals surface area contributed by atoms with Crippen LogP contribution in [-0.2, 0) is 20.0 Å². The number of nitrogens with one attached hydrogen (secondary N) is 1. The van der Waals surface area contributed by atoms with Gasteiger partial charge in [-0.1, -0.05) is 6.92 Å². The molecule has 108 valence electrons. The lowest BCUT2D eigenvalue weighted by Gasteiger charge is -2.14. The summed E-state index contributed by atoms with van der Waals surface area (Å²) in [6.45, 7) is 6.82. The molecule has 0 saturated heterocycles. The van der Waals surface area contributed by atoms with E-state index >= 15 is 0 Å². The van der Waals surface area contributed by atoms with Gasteiger partial charge in [0.25, 0.3) is 0 Å². The van der Waals surface area contributed by atoms with Crippen LogP contribution in [0.2, 0.25) is 0 Å². The molecule has 0 unspecified atom stereocenters. The molecule has 0 atom stereocenters. The summed E-state index contributed by atoms with van der Waals surface area (Å²) in [6, 6.07) is 3.81. The van der Waals surface area contributed by atoms with Crippen LogP contribution in [0.4, 0.5) is 5.82 Å². The number of pyridine rings is 1. The Bertz CT molecular complexity index is 563. The first-order chi connectivity index (χ1) is 9.60. The number of hydrogen-bond donors (Lipinski definition) is 1. The zero-order valence-corrected chi connectivity index (χ0v) is 12.6. The van der Waals surface area contributed by atoms with Gasteiger partial charge >= 0.3 is 0 Å². The Kier molecular flexibility index (Phi) is 4.61. The Morgan fingerprint density at radius 2 is 2.20 bits per heavy atom. The molecule has 0 spiro atoms. The van der Waals surface area contributed by atoms with Crippen molar-refractivity contribution in [3.63, 3.8) is 0 Å². The average molecular weight is 274 g/mol. The molecule has 2 aromatic rings. The fourth-order valence-electron chi connectivity index (χ4n) is 2.08. The normalized spacial score (nSPS) is 10.8. The van der Waals surface area contributed by atoms with Crippen LogP contribution in [0.5, 0.6) is 5.75 Å². The lowest BCUT2D eigenvalue weighted by molar-refractivity contribution is 0.243. The van der Waals surface area contributed by atoms with Crippen LogP contribution in [0.25, 0.3) is 0 Å².